The first-order chi connectivity index (χ1) is 20.5. The average molecular weight is 662 g/mol. The maximum Gasteiger partial charge on any atom is 1.00 e. The summed E-state index contributed by atoms with van der Waals surface area (Å²) in [5.41, 5.74) is 1.43. The summed E-state index contributed by atoms with van der Waals surface area (Å²) < 4.78 is 36.0. The van der Waals surface area contributed by atoms with Gasteiger partial charge in [-0.1, -0.05) is 41.9 Å². The number of hydrogen-bond acceptors (Lipinski definition) is 12. The largest absolute Gasteiger partial charge is 1.00 e. The Morgan fingerprint density at radius 1 is 1.02 bits per heavy atom. The zero-order chi connectivity index (χ0) is 30.7. The molecule has 1 amide bonds. The molecule has 1 N–H and O–H groups in total. The fourth-order valence-electron chi connectivity index (χ4n) is 4.18. The average Bonchev–Trinajstić information content (AvgIpc) is 3.24. The minimum Gasteiger partial charge on any atom is -0.744 e. The van der Waals surface area contributed by atoms with Gasteiger partial charge in [0.1, 0.15) is 15.8 Å². The fraction of sp³-hybridized carbons (Fsp3) is 0.148. The van der Waals surface area contributed by atoms with Gasteiger partial charge in [0.25, 0.3) is 5.91 Å². The van der Waals surface area contributed by atoms with Crippen LogP contribution in [0.1, 0.15) is 13.8 Å². The summed E-state index contributed by atoms with van der Waals surface area (Å²) in [6, 6.07) is 18.6. The molecule has 1 unspecified atom stereocenters. The van der Waals surface area contributed by atoms with Gasteiger partial charge in [-0.3, -0.25) is 4.79 Å². The third-order valence-corrected chi connectivity index (χ3v) is 7.54. The van der Waals surface area contributed by atoms with Crippen LogP contribution in [-0.2, 0) is 14.9 Å². The smallest absolute Gasteiger partial charge is 0.744 e. The number of hydrazone groups is 1. The molecule has 3 aromatic carbocycles. The van der Waals surface area contributed by atoms with Crippen LogP contribution in [-0.4, -0.2) is 52.1 Å². The molecular formula is C27H22Cl2N9NaO4S. The number of aromatic nitrogens is 3. The number of nitrogens with zero attached hydrogens (tertiary/aromatic N) is 8. The van der Waals surface area contributed by atoms with E-state index in [9.17, 15) is 17.8 Å². The van der Waals surface area contributed by atoms with Gasteiger partial charge in [-0.25, -0.2) is 8.42 Å². The number of para-hydroxylation sites is 2. The van der Waals surface area contributed by atoms with E-state index in [1.165, 1.54) is 12.1 Å². The Morgan fingerprint density at radius 2 is 1.73 bits per heavy atom. The SMILES string of the molecule is CCN(c1ccccc1)c1nc(Cl)nc(Nc2ccc(S(=O)(=O)[O-])c(N=NC3C(=O)N(c4ccccc4Cl)N=C3C)c2)n1.[Na+]. The van der Waals surface area contributed by atoms with Crippen molar-refractivity contribution in [3.63, 3.8) is 0 Å². The van der Waals surface area contributed by atoms with Crippen molar-refractivity contribution >= 4 is 79.6 Å². The van der Waals surface area contributed by atoms with Crippen molar-refractivity contribution in [1.29, 1.82) is 0 Å². The van der Waals surface area contributed by atoms with Crippen LogP contribution in [0.5, 0.6) is 0 Å². The molecular weight excluding hydrogens is 640 g/mol. The molecule has 1 aliphatic rings. The minimum atomic E-state index is -4.96. The second-order valence-electron chi connectivity index (χ2n) is 9.03. The Kier molecular flexibility index (Phi) is 10.7. The van der Waals surface area contributed by atoms with Crippen molar-refractivity contribution in [3.8, 4) is 0 Å². The van der Waals surface area contributed by atoms with Gasteiger partial charge in [0, 0.05) is 17.9 Å². The molecule has 0 saturated carbocycles. The van der Waals surface area contributed by atoms with E-state index < -0.39 is 27.0 Å². The molecule has 5 rings (SSSR count). The van der Waals surface area contributed by atoms with Crippen molar-refractivity contribution in [2.75, 3.05) is 21.8 Å². The van der Waals surface area contributed by atoms with E-state index in [1.807, 2.05) is 42.2 Å². The second-order valence-corrected chi connectivity index (χ2v) is 11.1. The van der Waals surface area contributed by atoms with Crippen LogP contribution >= 0.6 is 23.2 Å². The van der Waals surface area contributed by atoms with Crippen molar-refractivity contribution in [1.82, 2.24) is 15.0 Å². The Bertz CT molecular complexity index is 1860. The first-order valence-corrected chi connectivity index (χ1v) is 14.9. The van der Waals surface area contributed by atoms with Gasteiger partial charge in [-0.15, -0.1) is 0 Å². The Morgan fingerprint density at radius 3 is 2.41 bits per heavy atom. The molecule has 0 fully saturated rings. The molecule has 0 saturated heterocycles. The van der Waals surface area contributed by atoms with E-state index in [-0.39, 0.29) is 58.1 Å². The molecule has 0 radical (unpaired) electrons. The molecule has 1 atom stereocenters. The number of azo groups is 1. The summed E-state index contributed by atoms with van der Waals surface area (Å²) in [5.74, 6) is -0.233. The van der Waals surface area contributed by atoms with Crippen molar-refractivity contribution < 1.29 is 47.3 Å². The predicted octanol–water partition coefficient (Wildman–Crippen LogP) is 2.86. The molecule has 220 valence electrons. The topological polar surface area (TPSA) is 169 Å². The summed E-state index contributed by atoms with van der Waals surface area (Å²) in [6.07, 6.45) is 0. The van der Waals surface area contributed by atoms with E-state index in [0.29, 0.717) is 23.0 Å². The van der Waals surface area contributed by atoms with E-state index >= 15 is 0 Å². The zero-order valence-electron chi connectivity index (χ0n) is 23.6. The molecule has 0 spiro atoms. The second kappa shape index (κ2) is 14.1. The molecule has 1 aromatic heterocycles. The summed E-state index contributed by atoms with van der Waals surface area (Å²) in [7, 11) is -4.96. The van der Waals surface area contributed by atoms with Gasteiger partial charge < -0.3 is 14.8 Å². The molecule has 17 heteroatoms. The van der Waals surface area contributed by atoms with Crippen LogP contribution in [0.4, 0.5) is 34.6 Å². The van der Waals surface area contributed by atoms with Gasteiger partial charge in [0.2, 0.25) is 17.2 Å². The van der Waals surface area contributed by atoms with Crippen LogP contribution in [0.3, 0.4) is 0 Å². The number of carbonyl (C=O) groups excluding carboxylic acids is 1. The Balaban J connectivity index is 0.00000442. The predicted molar refractivity (Wildman–Crippen MR) is 162 cm³/mol. The standard InChI is InChI=1S/C27H23Cl2N9O4S.Na/c1-3-37(18-9-5-4-6-10-18)27-32-25(29)31-26(33-27)30-17-13-14-22(43(40,41)42)20(15-17)34-35-23-16(2)36-38(24(23)39)21-12-8-7-11-19(21)28;/h4-15,23H,3H2,1-2H3,(H,40,41,42)(H,30,31,32,33);/q;+1/p-1. The van der Waals surface area contributed by atoms with Crippen LogP contribution in [0.15, 0.2) is 93.0 Å². The number of nitrogens with one attached hydrogen (secondary N) is 1. The van der Waals surface area contributed by atoms with E-state index in [2.05, 4.69) is 35.6 Å². The third-order valence-electron chi connectivity index (χ3n) is 6.16. The normalized spacial score (nSPS) is 14.8. The van der Waals surface area contributed by atoms with Crippen LogP contribution < -0.4 is 44.8 Å². The van der Waals surface area contributed by atoms with E-state index in [0.717, 1.165) is 16.8 Å². The summed E-state index contributed by atoms with van der Waals surface area (Å²) in [6.45, 7) is 4.02. The quantitative estimate of drug-likeness (QED) is 0.161. The summed E-state index contributed by atoms with van der Waals surface area (Å²) >= 11 is 12.4. The molecule has 0 bridgehead atoms. The number of rotatable bonds is 9. The van der Waals surface area contributed by atoms with Gasteiger partial charge in [-0.05, 0) is 67.9 Å². The van der Waals surface area contributed by atoms with Crippen molar-refractivity contribution in [2.45, 2.75) is 24.8 Å². The van der Waals surface area contributed by atoms with Gasteiger partial charge in [0.05, 0.1) is 21.3 Å². The Labute approximate surface area is 285 Å². The summed E-state index contributed by atoms with van der Waals surface area (Å²) in [5, 5.41) is 16.5. The maximum atomic E-state index is 13.1. The maximum absolute atomic E-state index is 13.1. The molecule has 0 aliphatic carbocycles. The number of halogens is 2. The van der Waals surface area contributed by atoms with Gasteiger partial charge in [-0.2, -0.15) is 35.3 Å². The third kappa shape index (κ3) is 7.41. The Hall–Kier alpha value is -3.50. The number of amides is 1. The van der Waals surface area contributed by atoms with Gasteiger partial charge in [0.15, 0.2) is 6.04 Å². The zero-order valence-corrected chi connectivity index (χ0v) is 27.9. The van der Waals surface area contributed by atoms with Crippen molar-refractivity contribution in [2.24, 2.45) is 15.3 Å². The van der Waals surface area contributed by atoms with Crippen molar-refractivity contribution in [3.05, 3.63) is 83.1 Å². The molecule has 13 nitrogen and oxygen atoms in total. The number of carbonyl (C=O) groups is 1. The molecule has 4 aromatic rings. The number of benzene rings is 3. The monoisotopic (exact) mass is 661 g/mol. The molecule has 1 aliphatic heterocycles. The fourth-order valence-corrected chi connectivity index (χ4v) is 5.14. The minimum absolute atomic E-state index is 0. The summed E-state index contributed by atoms with van der Waals surface area (Å²) in [4.78, 5) is 27.1. The number of anilines is 5. The van der Waals surface area contributed by atoms with Crippen LogP contribution in [0, 0.1) is 0 Å². The molecule has 2 heterocycles. The first kappa shape index (κ1) is 33.4. The van der Waals surface area contributed by atoms with E-state index in [4.69, 9.17) is 23.2 Å². The van der Waals surface area contributed by atoms with Crippen LogP contribution in [0.2, 0.25) is 10.3 Å². The number of hydrogen-bond donors (Lipinski definition) is 1. The van der Waals surface area contributed by atoms with Crippen LogP contribution in [0.25, 0.3) is 0 Å². The molecule has 44 heavy (non-hydrogen) atoms. The first-order valence-electron chi connectivity index (χ1n) is 12.7. The van der Waals surface area contributed by atoms with E-state index in [1.54, 1.807) is 31.2 Å². The van der Waals surface area contributed by atoms with Gasteiger partial charge >= 0.3 is 29.6 Å².